The van der Waals surface area contributed by atoms with Crippen molar-refractivity contribution in [3.05, 3.63) is 30.0 Å². The first kappa shape index (κ1) is 13.8. The molecule has 0 amide bonds. The molecule has 0 spiro atoms. The molecule has 104 valence electrons. The van der Waals surface area contributed by atoms with Crippen molar-refractivity contribution in [1.82, 2.24) is 15.3 Å². The van der Waals surface area contributed by atoms with Gasteiger partial charge < -0.3 is 15.3 Å². The predicted octanol–water partition coefficient (Wildman–Crippen LogP) is 1.13. The van der Waals surface area contributed by atoms with Gasteiger partial charge in [-0.15, -0.1) is 5.10 Å². The fourth-order valence-electron chi connectivity index (χ4n) is 1.90. The average Bonchev–Trinajstić information content (AvgIpc) is 2.78. The van der Waals surface area contributed by atoms with Crippen molar-refractivity contribution in [2.45, 2.75) is 32.9 Å². The number of rotatable bonds is 6. The van der Waals surface area contributed by atoms with Crippen molar-refractivity contribution in [1.29, 1.82) is 0 Å². The second-order valence-corrected chi connectivity index (χ2v) is 5.04. The van der Waals surface area contributed by atoms with Crippen molar-refractivity contribution >= 4 is 10.9 Å². The molecular weight excluding hydrogens is 242 g/mol. The van der Waals surface area contributed by atoms with Gasteiger partial charge in [0.15, 0.2) is 0 Å². The lowest BCUT2D eigenvalue weighted by molar-refractivity contribution is 0.0165. The third-order valence-corrected chi connectivity index (χ3v) is 2.91. The summed E-state index contributed by atoms with van der Waals surface area (Å²) in [5.74, 6) is 0. The standard InChI is InChI=1S/C14H21N3O2/c1-10(2)15-8-13(18)9-19-17-14-11(3)5-4-6-12(14)7-16-17/h4-7,10,13,15,18H,8-9H2,1-3H3. The number of para-hydroxylation sites is 1. The van der Waals surface area contributed by atoms with Crippen LogP contribution in [0.1, 0.15) is 19.4 Å². The molecule has 0 bridgehead atoms. The van der Waals surface area contributed by atoms with Crippen LogP contribution in [0, 0.1) is 6.92 Å². The Hall–Kier alpha value is -1.59. The molecule has 1 aromatic carbocycles. The van der Waals surface area contributed by atoms with E-state index in [4.69, 9.17) is 4.84 Å². The van der Waals surface area contributed by atoms with Crippen LogP contribution in [0.3, 0.4) is 0 Å². The third-order valence-electron chi connectivity index (χ3n) is 2.91. The highest BCUT2D eigenvalue weighted by Crippen LogP contribution is 2.16. The van der Waals surface area contributed by atoms with E-state index in [-0.39, 0.29) is 6.61 Å². The lowest BCUT2D eigenvalue weighted by Gasteiger charge is -2.15. The van der Waals surface area contributed by atoms with Gasteiger partial charge in [0.25, 0.3) is 0 Å². The molecular formula is C14H21N3O2. The van der Waals surface area contributed by atoms with Crippen LogP contribution in [-0.4, -0.2) is 40.3 Å². The van der Waals surface area contributed by atoms with Crippen molar-refractivity contribution < 1.29 is 9.94 Å². The van der Waals surface area contributed by atoms with Crippen LogP contribution in [0.25, 0.3) is 10.9 Å². The summed E-state index contributed by atoms with van der Waals surface area (Å²) in [6.07, 6.45) is 1.21. The van der Waals surface area contributed by atoms with E-state index in [1.807, 2.05) is 39.0 Å². The van der Waals surface area contributed by atoms with Gasteiger partial charge in [-0.3, -0.25) is 0 Å². The number of nitrogens with one attached hydrogen (secondary N) is 1. The van der Waals surface area contributed by atoms with Gasteiger partial charge in [-0.25, -0.2) is 0 Å². The summed E-state index contributed by atoms with van der Waals surface area (Å²) >= 11 is 0. The Balaban J connectivity index is 1.98. The fourth-order valence-corrected chi connectivity index (χ4v) is 1.90. The zero-order valence-corrected chi connectivity index (χ0v) is 11.6. The Bertz CT molecular complexity index is 536. The number of aliphatic hydroxyl groups excluding tert-OH is 1. The lowest BCUT2D eigenvalue weighted by Crippen LogP contribution is -2.36. The summed E-state index contributed by atoms with van der Waals surface area (Å²) < 4.78 is 0. The van der Waals surface area contributed by atoms with Crippen molar-refractivity contribution in [3.63, 3.8) is 0 Å². The highest BCUT2D eigenvalue weighted by molar-refractivity contribution is 5.81. The summed E-state index contributed by atoms with van der Waals surface area (Å²) in [6.45, 7) is 6.82. The van der Waals surface area contributed by atoms with Crippen LogP contribution in [0.2, 0.25) is 0 Å². The molecule has 0 aliphatic heterocycles. The molecule has 0 fully saturated rings. The predicted molar refractivity (Wildman–Crippen MR) is 75.1 cm³/mol. The molecule has 0 aliphatic carbocycles. The van der Waals surface area contributed by atoms with E-state index >= 15 is 0 Å². The highest BCUT2D eigenvalue weighted by Gasteiger charge is 2.09. The fraction of sp³-hybridized carbons (Fsp3) is 0.500. The number of hydrogen-bond donors (Lipinski definition) is 2. The van der Waals surface area contributed by atoms with E-state index in [2.05, 4.69) is 10.4 Å². The summed E-state index contributed by atoms with van der Waals surface area (Å²) in [5.41, 5.74) is 2.05. The Morgan fingerprint density at radius 3 is 2.95 bits per heavy atom. The normalized spacial score (nSPS) is 13.1. The first-order valence-corrected chi connectivity index (χ1v) is 6.56. The van der Waals surface area contributed by atoms with Gasteiger partial charge in [0, 0.05) is 18.0 Å². The summed E-state index contributed by atoms with van der Waals surface area (Å²) in [5, 5.41) is 18.2. The SMILES string of the molecule is Cc1cccc2cnn(OCC(O)CNC(C)C)c12. The van der Waals surface area contributed by atoms with Gasteiger partial charge in [0.2, 0.25) is 0 Å². The molecule has 19 heavy (non-hydrogen) atoms. The topological polar surface area (TPSA) is 59.3 Å². The maximum absolute atomic E-state index is 9.81. The quantitative estimate of drug-likeness (QED) is 0.820. The Labute approximate surface area is 113 Å². The van der Waals surface area contributed by atoms with Gasteiger partial charge in [-0.2, -0.15) is 0 Å². The molecule has 1 atom stereocenters. The summed E-state index contributed by atoms with van der Waals surface area (Å²) in [4.78, 5) is 7.04. The minimum atomic E-state index is -0.550. The summed E-state index contributed by atoms with van der Waals surface area (Å²) in [6, 6.07) is 6.35. The van der Waals surface area contributed by atoms with Crippen LogP contribution in [0.15, 0.2) is 24.4 Å². The van der Waals surface area contributed by atoms with E-state index in [1.165, 1.54) is 4.85 Å². The van der Waals surface area contributed by atoms with Crippen LogP contribution < -0.4 is 10.2 Å². The van der Waals surface area contributed by atoms with Crippen LogP contribution >= 0.6 is 0 Å². The van der Waals surface area contributed by atoms with E-state index < -0.39 is 6.10 Å². The maximum atomic E-state index is 9.81. The van der Waals surface area contributed by atoms with Crippen LogP contribution in [0.4, 0.5) is 0 Å². The zero-order chi connectivity index (χ0) is 13.8. The number of fused-ring (bicyclic) bond motifs is 1. The lowest BCUT2D eigenvalue weighted by atomic mass is 10.2. The summed E-state index contributed by atoms with van der Waals surface area (Å²) in [7, 11) is 0. The van der Waals surface area contributed by atoms with E-state index in [0.717, 1.165) is 16.5 Å². The van der Waals surface area contributed by atoms with Crippen LogP contribution in [0.5, 0.6) is 0 Å². The molecule has 2 rings (SSSR count). The molecule has 2 N–H and O–H groups in total. The zero-order valence-electron chi connectivity index (χ0n) is 11.6. The van der Waals surface area contributed by atoms with Crippen molar-refractivity contribution in [2.24, 2.45) is 0 Å². The van der Waals surface area contributed by atoms with Gasteiger partial charge in [0.1, 0.15) is 18.2 Å². The van der Waals surface area contributed by atoms with Gasteiger partial charge in [-0.05, 0) is 12.5 Å². The van der Waals surface area contributed by atoms with Gasteiger partial charge in [-0.1, -0.05) is 36.9 Å². The number of benzene rings is 1. The van der Waals surface area contributed by atoms with Crippen molar-refractivity contribution in [3.8, 4) is 0 Å². The average molecular weight is 263 g/mol. The molecule has 2 aromatic rings. The Morgan fingerprint density at radius 2 is 2.21 bits per heavy atom. The van der Waals surface area contributed by atoms with Crippen molar-refractivity contribution in [2.75, 3.05) is 13.2 Å². The molecule has 0 radical (unpaired) electrons. The minimum absolute atomic E-state index is 0.213. The number of aliphatic hydroxyl groups is 1. The molecule has 1 aromatic heterocycles. The smallest absolute Gasteiger partial charge is 0.144 e. The first-order valence-electron chi connectivity index (χ1n) is 6.56. The molecule has 0 saturated carbocycles. The first-order chi connectivity index (χ1) is 9.08. The Kier molecular flexibility index (Phi) is 4.39. The van der Waals surface area contributed by atoms with Gasteiger partial charge in [0.05, 0.1) is 6.20 Å². The number of nitrogens with zero attached hydrogens (tertiary/aromatic N) is 2. The molecule has 1 heterocycles. The maximum Gasteiger partial charge on any atom is 0.144 e. The number of hydrogen-bond acceptors (Lipinski definition) is 4. The van der Waals surface area contributed by atoms with E-state index in [0.29, 0.717) is 12.6 Å². The monoisotopic (exact) mass is 263 g/mol. The Morgan fingerprint density at radius 1 is 1.42 bits per heavy atom. The number of aryl methyl sites for hydroxylation is 1. The van der Waals surface area contributed by atoms with E-state index in [9.17, 15) is 5.11 Å². The third kappa shape index (κ3) is 3.45. The second kappa shape index (κ2) is 6.04. The minimum Gasteiger partial charge on any atom is -0.393 e. The molecule has 5 heteroatoms. The number of aromatic nitrogens is 2. The van der Waals surface area contributed by atoms with Crippen LogP contribution in [-0.2, 0) is 0 Å². The van der Waals surface area contributed by atoms with Gasteiger partial charge >= 0.3 is 0 Å². The van der Waals surface area contributed by atoms with E-state index in [1.54, 1.807) is 6.20 Å². The molecule has 5 nitrogen and oxygen atoms in total. The highest BCUT2D eigenvalue weighted by atomic mass is 16.7. The molecule has 0 saturated heterocycles. The second-order valence-electron chi connectivity index (χ2n) is 5.04. The largest absolute Gasteiger partial charge is 0.393 e. The molecule has 0 aliphatic rings. The molecule has 1 unspecified atom stereocenters.